The first-order chi connectivity index (χ1) is 9.19. The van der Waals surface area contributed by atoms with E-state index in [4.69, 9.17) is 5.11 Å². The third kappa shape index (κ3) is 2.03. The third-order valence-electron chi connectivity index (χ3n) is 6.05. The third-order valence-corrected chi connectivity index (χ3v) is 6.05. The van der Waals surface area contributed by atoms with E-state index in [0.717, 1.165) is 54.8 Å². The van der Waals surface area contributed by atoms with Crippen LogP contribution in [0, 0.1) is 23.7 Å². The first-order valence-electron chi connectivity index (χ1n) is 7.85. The van der Waals surface area contributed by atoms with E-state index in [1.807, 2.05) is 0 Å². The van der Waals surface area contributed by atoms with Gasteiger partial charge in [-0.3, -0.25) is 4.90 Å². The standard InChI is InChI=1S/C16H23NO2/c18-15(19)8-10-1-2-17(9-10)16-13-4-11-3-12(6-13)7-14(16)5-11/h8,11-14,16H,1-7,9H2,(H,18,19)/b10-8+. The van der Waals surface area contributed by atoms with Crippen molar-refractivity contribution in [3.63, 3.8) is 0 Å². The van der Waals surface area contributed by atoms with Crippen LogP contribution in [0.1, 0.15) is 38.5 Å². The Kier molecular flexibility index (Phi) is 2.73. The Morgan fingerprint density at radius 1 is 1.11 bits per heavy atom. The molecule has 0 aromatic heterocycles. The Balaban J connectivity index is 1.50. The summed E-state index contributed by atoms with van der Waals surface area (Å²) in [4.78, 5) is 13.4. The van der Waals surface area contributed by atoms with E-state index in [1.165, 1.54) is 38.2 Å². The minimum absolute atomic E-state index is 0.771. The SMILES string of the molecule is O=C(O)/C=C1\CCN(C2C3CC4CC(C3)CC2C4)C1. The molecule has 0 atom stereocenters. The molecule has 5 rings (SSSR count). The summed E-state index contributed by atoms with van der Waals surface area (Å²) in [6, 6.07) is 0.771. The maximum atomic E-state index is 10.8. The molecule has 1 heterocycles. The van der Waals surface area contributed by atoms with Gasteiger partial charge in [-0.15, -0.1) is 0 Å². The zero-order chi connectivity index (χ0) is 13.0. The second-order valence-electron chi connectivity index (χ2n) is 7.28. The maximum Gasteiger partial charge on any atom is 0.328 e. The Labute approximate surface area is 114 Å². The van der Waals surface area contributed by atoms with Gasteiger partial charge >= 0.3 is 5.97 Å². The molecule has 4 bridgehead atoms. The summed E-state index contributed by atoms with van der Waals surface area (Å²) in [6.45, 7) is 2.01. The van der Waals surface area contributed by atoms with Crippen LogP contribution < -0.4 is 0 Å². The maximum absolute atomic E-state index is 10.8. The summed E-state index contributed by atoms with van der Waals surface area (Å²) in [7, 11) is 0. The monoisotopic (exact) mass is 261 g/mol. The second-order valence-corrected chi connectivity index (χ2v) is 7.28. The van der Waals surface area contributed by atoms with Gasteiger partial charge in [0, 0.05) is 25.2 Å². The van der Waals surface area contributed by atoms with Gasteiger partial charge in [0.05, 0.1) is 0 Å². The number of hydrogen-bond donors (Lipinski definition) is 1. The van der Waals surface area contributed by atoms with Crippen molar-refractivity contribution in [3.8, 4) is 0 Å². The molecular weight excluding hydrogens is 238 g/mol. The number of carbonyl (C=O) groups is 1. The molecule has 3 nitrogen and oxygen atoms in total. The van der Waals surface area contributed by atoms with Gasteiger partial charge < -0.3 is 5.11 Å². The van der Waals surface area contributed by atoms with Crippen LogP contribution in [0.25, 0.3) is 0 Å². The van der Waals surface area contributed by atoms with E-state index in [9.17, 15) is 4.79 Å². The van der Waals surface area contributed by atoms with Crippen molar-refractivity contribution in [3.05, 3.63) is 11.6 Å². The summed E-state index contributed by atoms with van der Waals surface area (Å²) in [5.41, 5.74) is 1.13. The highest BCUT2D eigenvalue weighted by molar-refractivity contribution is 5.80. The molecule has 1 N–H and O–H groups in total. The van der Waals surface area contributed by atoms with Crippen molar-refractivity contribution >= 4 is 5.97 Å². The number of likely N-dealkylation sites (tertiary alicyclic amines) is 1. The summed E-state index contributed by atoms with van der Waals surface area (Å²) in [5.74, 6) is 3.11. The highest BCUT2D eigenvalue weighted by atomic mass is 16.4. The normalized spacial score (nSPS) is 47.2. The fourth-order valence-electron chi connectivity index (χ4n) is 5.75. The number of rotatable bonds is 2. The molecule has 0 amide bonds. The molecule has 104 valence electrons. The molecule has 1 saturated heterocycles. The zero-order valence-corrected chi connectivity index (χ0v) is 11.4. The minimum atomic E-state index is -0.776. The first kappa shape index (κ1) is 12.0. The highest BCUT2D eigenvalue weighted by Gasteiger charge is 2.50. The summed E-state index contributed by atoms with van der Waals surface area (Å²) in [5, 5.41) is 8.88. The molecule has 0 aromatic carbocycles. The Morgan fingerprint density at radius 3 is 2.32 bits per heavy atom. The topological polar surface area (TPSA) is 40.5 Å². The summed E-state index contributed by atoms with van der Waals surface area (Å²) in [6.07, 6.45) is 9.71. The number of hydrogen-bond acceptors (Lipinski definition) is 2. The second kappa shape index (κ2) is 4.34. The van der Waals surface area contributed by atoms with Gasteiger partial charge in [-0.2, -0.15) is 0 Å². The molecular formula is C16H23NO2. The molecule has 5 fully saturated rings. The molecule has 5 aliphatic rings. The van der Waals surface area contributed by atoms with Crippen molar-refractivity contribution in [2.24, 2.45) is 23.7 Å². The van der Waals surface area contributed by atoms with Crippen molar-refractivity contribution in [2.45, 2.75) is 44.6 Å². The van der Waals surface area contributed by atoms with Crippen LogP contribution in [0.2, 0.25) is 0 Å². The Morgan fingerprint density at radius 2 is 1.74 bits per heavy atom. The molecule has 4 saturated carbocycles. The predicted molar refractivity (Wildman–Crippen MR) is 72.7 cm³/mol. The molecule has 0 spiro atoms. The quantitative estimate of drug-likeness (QED) is 0.777. The number of nitrogens with zero attached hydrogens (tertiary/aromatic N) is 1. The van der Waals surface area contributed by atoms with E-state index < -0.39 is 5.97 Å². The van der Waals surface area contributed by atoms with Crippen molar-refractivity contribution in [1.82, 2.24) is 4.90 Å². The van der Waals surface area contributed by atoms with Crippen LogP contribution in [0.5, 0.6) is 0 Å². The van der Waals surface area contributed by atoms with Crippen LogP contribution in [0.15, 0.2) is 11.6 Å². The number of carboxylic acid groups (broad SMARTS) is 1. The first-order valence-corrected chi connectivity index (χ1v) is 7.85. The van der Waals surface area contributed by atoms with E-state index in [2.05, 4.69) is 4.90 Å². The molecule has 3 heteroatoms. The van der Waals surface area contributed by atoms with Gasteiger partial charge in [0.25, 0.3) is 0 Å². The highest BCUT2D eigenvalue weighted by Crippen LogP contribution is 2.55. The predicted octanol–water partition coefficient (Wildman–Crippen LogP) is 2.53. The van der Waals surface area contributed by atoms with Crippen LogP contribution in [0.4, 0.5) is 0 Å². The van der Waals surface area contributed by atoms with Gasteiger partial charge in [-0.1, -0.05) is 0 Å². The van der Waals surface area contributed by atoms with Crippen molar-refractivity contribution < 1.29 is 9.90 Å². The molecule has 19 heavy (non-hydrogen) atoms. The summed E-state index contributed by atoms with van der Waals surface area (Å²) < 4.78 is 0. The molecule has 0 aromatic rings. The average molecular weight is 261 g/mol. The van der Waals surface area contributed by atoms with Gasteiger partial charge in [-0.05, 0) is 67.8 Å². The molecule has 4 aliphatic carbocycles. The van der Waals surface area contributed by atoms with E-state index in [0.29, 0.717) is 0 Å². The fraction of sp³-hybridized carbons (Fsp3) is 0.812. The fourth-order valence-corrected chi connectivity index (χ4v) is 5.75. The van der Waals surface area contributed by atoms with Gasteiger partial charge in [0.1, 0.15) is 0 Å². The van der Waals surface area contributed by atoms with Gasteiger partial charge in [0.2, 0.25) is 0 Å². The lowest BCUT2D eigenvalue weighted by atomic mass is 9.54. The van der Waals surface area contributed by atoms with Crippen LogP contribution in [0.3, 0.4) is 0 Å². The minimum Gasteiger partial charge on any atom is -0.478 e. The zero-order valence-electron chi connectivity index (χ0n) is 11.4. The van der Waals surface area contributed by atoms with Crippen LogP contribution in [-0.4, -0.2) is 35.1 Å². The lowest BCUT2D eigenvalue weighted by molar-refractivity contribution is -0.131. The van der Waals surface area contributed by atoms with Crippen LogP contribution in [-0.2, 0) is 4.79 Å². The molecule has 1 aliphatic heterocycles. The van der Waals surface area contributed by atoms with E-state index in [-0.39, 0.29) is 0 Å². The van der Waals surface area contributed by atoms with Crippen molar-refractivity contribution in [2.75, 3.05) is 13.1 Å². The largest absolute Gasteiger partial charge is 0.478 e. The average Bonchev–Trinajstić information content (AvgIpc) is 2.75. The Hall–Kier alpha value is -0.830. The smallest absolute Gasteiger partial charge is 0.328 e. The van der Waals surface area contributed by atoms with E-state index in [1.54, 1.807) is 0 Å². The molecule has 0 unspecified atom stereocenters. The molecule has 0 radical (unpaired) electrons. The summed E-state index contributed by atoms with van der Waals surface area (Å²) >= 11 is 0. The number of carboxylic acids is 1. The van der Waals surface area contributed by atoms with Crippen LogP contribution >= 0.6 is 0 Å². The Bertz CT molecular complexity index is 400. The lowest BCUT2D eigenvalue weighted by Gasteiger charge is -2.56. The number of aliphatic carboxylic acids is 1. The van der Waals surface area contributed by atoms with Gasteiger partial charge in [0.15, 0.2) is 0 Å². The van der Waals surface area contributed by atoms with Crippen molar-refractivity contribution in [1.29, 1.82) is 0 Å². The van der Waals surface area contributed by atoms with Gasteiger partial charge in [-0.25, -0.2) is 4.79 Å². The van der Waals surface area contributed by atoms with E-state index >= 15 is 0 Å². The lowest BCUT2D eigenvalue weighted by Crippen LogP contribution is -2.55.